The van der Waals surface area contributed by atoms with Crippen molar-refractivity contribution in [2.45, 2.75) is 38.8 Å². The first-order chi connectivity index (χ1) is 17.2. The van der Waals surface area contributed by atoms with E-state index in [2.05, 4.69) is 73.0 Å². The molecule has 0 unspecified atom stereocenters. The van der Waals surface area contributed by atoms with Crippen LogP contribution in [0.1, 0.15) is 37.3 Å². The lowest BCUT2D eigenvalue weighted by molar-refractivity contribution is 0.416. The molecule has 176 valence electrons. The smallest absolute Gasteiger partial charge is 0.185 e. The Kier molecular flexibility index (Phi) is 5.59. The van der Waals surface area contributed by atoms with Crippen molar-refractivity contribution in [1.29, 1.82) is 5.26 Å². The van der Waals surface area contributed by atoms with Crippen LogP contribution in [-0.4, -0.2) is 45.0 Å². The number of aromatic nitrogens is 4. The van der Waals surface area contributed by atoms with Crippen LogP contribution in [0.25, 0.3) is 28.3 Å². The molecular formula is C28H29N7. The molecule has 0 amide bonds. The normalized spacial score (nSPS) is 15.1. The third-order valence-corrected chi connectivity index (χ3v) is 7.23. The molecule has 0 aliphatic carbocycles. The molecule has 4 heterocycles. The monoisotopic (exact) mass is 463 g/mol. The van der Waals surface area contributed by atoms with Crippen LogP contribution in [0.3, 0.4) is 0 Å². The molecule has 7 nitrogen and oxygen atoms in total. The molecule has 0 radical (unpaired) electrons. The molecule has 1 saturated heterocycles. The first-order valence-electron chi connectivity index (χ1n) is 12.5. The average Bonchev–Trinajstić information content (AvgIpc) is 3.53. The highest BCUT2D eigenvalue weighted by Crippen LogP contribution is 2.35. The van der Waals surface area contributed by atoms with E-state index in [9.17, 15) is 0 Å². The second-order valence-electron chi connectivity index (χ2n) is 9.48. The van der Waals surface area contributed by atoms with Gasteiger partial charge in [0.1, 0.15) is 6.33 Å². The Morgan fingerprint density at radius 3 is 2.66 bits per heavy atom. The number of nitrogens with zero attached hydrogens (tertiary/aromatic N) is 6. The Hall–Kier alpha value is -3.89. The molecule has 2 aliphatic rings. The second-order valence-corrected chi connectivity index (χ2v) is 9.48. The predicted octanol–water partition coefficient (Wildman–Crippen LogP) is 4.60. The molecular weight excluding hydrogens is 434 g/mol. The van der Waals surface area contributed by atoms with Gasteiger partial charge in [0.25, 0.3) is 0 Å². The minimum atomic E-state index is 0.634. The summed E-state index contributed by atoms with van der Waals surface area (Å²) in [7, 11) is 0. The van der Waals surface area contributed by atoms with Crippen LogP contribution in [0.15, 0.2) is 61.1 Å². The third-order valence-electron chi connectivity index (χ3n) is 7.23. The molecule has 0 bridgehead atoms. The number of fused-ring (bicyclic) bond motifs is 5. The maximum atomic E-state index is 9.13. The van der Waals surface area contributed by atoms with E-state index in [1.54, 1.807) is 0 Å². The van der Waals surface area contributed by atoms with Crippen LogP contribution < -0.4 is 10.2 Å². The van der Waals surface area contributed by atoms with E-state index in [0.717, 1.165) is 54.5 Å². The highest BCUT2D eigenvalue weighted by Gasteiger charge is 2.24. The van der Waals surface area contributed by atoms with Crippen molar-refractivity contribution in [2.75, 3.05) is 24.5 Å². The molecule has 1 fully saturated rings. The van der Waals surface area contributed by atoms with Crippen molar-refractivity contribution >= 4 is 5.69 Å². The molecule has 0 atom stereocenters. The van der Waals surface area contributed by atoms with Gasteiger partial charge in [0.05, 0.1) is 23.0 Å². The number of anilines is 1. The number of hydrogen-bond acceptors (Lipinski definition) is 5. The summed E-state index contributed by atoms with van der Waals surface area (Å²) in [5.41, 5.74) is 7.59. The van der Waals surface area contributed by atoms with Gasteiger partial charge in [-0.3, -0.25) is 4.57 Å². The number of hydrogen-bond donors (Lipinski definition) is 1. The summed E-state index contributed by atoms with van der Waals surface area (Å²) in [6.45, 7) is 6.26. The van der Waals surface area contributed by atoms with Crippen molar-refractivity contribution in [3.8, 4) is 34.4 Å². The summed E-state index contributed by atoms with van der Waals surface area (Å²) in [6, 6.07) is 19.5. The van der Waals surface area contributed by atoms with E-state index < -0.39 is 0 Å². The number of piperidine rings is 1. The Morgan fingerprint density at radius 1 is 1.06 bits per heavy atom. The number of nitriles is 1. The molecule has 35 heavy (non-hydrogen) atoms. The lowest BCUT2D eigenvalue weighted by atomic mass is 10.0. The largest absolute Gasteiger partial charge is 0.371 e. The number of rotatable bonds is 5. The maximum absolute atomic E-state index is 9.13. The second kappa shape index (κ2) is 9.05. The summed E-state index contributed by atoms with van der Waals surface area (Å²) in [6.07, 6.45) is 7.54. The van der Waals surface area contributed by atoms with E-state index >= 15 is 0 Å². The van der Waals surface area contributed by atoms with Gasteiger partial charge in [0.15, 0.2) is 5.82 Å². The van der Waals surface area contributed by atoms with Crippen molar-refractivity contribution < 1.29 is 0 Å². The molecule has 4 aromatic rings. The van der Waals surface area contributed by atoms with Crippen molar-refractivity contribution in [3.05, 3.63) is 72.2 Å². The molecule has 2 aromatic carbocycles. The van der Waals surface area contributed by atoms with Crippen LogP contribution in [0.4, 0.5) is 5.69 Å². The van der Waals surface area contributed by atoms with Gasteiger partial charge in [-0.2, -0.15) is 5.26 Å². The van der Waals surface area contributed by atoms with E-state index in [1.807, 2.05) is 30.6 Å². The minimum absolute atomic E-state index is 0.634. The van der Waals surface area contributed by atoms with Crippen molar-refractivity contribution in [3.63, 3.8) is 0 Å². The minimum Gasteiger partial charge on any atom is -0.371 e. The predicted molar refractivity (Wildman–Crippen MR) is 138 cm³/mol. The third kappa shape index (κ3) is 4.00. The molecule has 0 spiro atoms. The Labute approximate surface area is 205 Å². The van der Waals surface area contributed by atoms with E-state index in [1.165, 1.54) is 30.5 Å². The van der Waals surface area contributed by atoms with Gasteiger partial charge in [-0.15, -0.1) is 10.2 Å². The van der Waals surface area contributed by atoms with Gasteiger partial charge < -0.3 is 14.8 Å². The topological polar surface area (TPSA) is 74.7 Å². The Balaban J connectivity index is 1.31. The lowest BCUT2D eigenvalue weighted by Gasteiger charge is -2.34. The van der Waals surface area contributed by atoms with E-state index in [0.29, 0.717) is 11.6 Å². The van der Waals surface area contributed by atoms with Gasteiger partial charge in [0.2, 0.25) is 0 Å². The molecule has 0 saturated carbocycles. The molecule has 2 aromatic heterocycles. The summed E-state index contributed by atoms with van der Waals surface area (Å²) in [4.78, 5) is 2.51. The van der Waals surface area contributed by atoms with E-state index in [4.69, 9.17) is 5.26 Å². The number of benzene rings is 2. The van der Waals surface area contributed by atoms with Crippen molar-refractivity contribution in [1.82, 2.24) is 24.6 Å². The first-order valence-corrected chi connectivity index (χ1v) is 12.5. The molecule has 1 N–H and O–H groups in total. The molecule has 2 aliphatic heterocycles. The zero-order chi connectivity index (χ0) is 23.8. The highest BCUT2D eigenvalue weighted by atomic mass is 15.3. The standard InChI is InChI=1S/C28H29N7/c1-2-11-30-24-9-12-33(13-10-24)25-7-8-26-23(14-25)18-34-17-22(21-5-3-20(16-29)4-6-21)15-27(34)28-32-31-19-35(26)28/h3-8,14-15,17,19,24,30H,2,9-13,18H2,1H3. The van der Waals surface area contributed by atoms with Crippen molar-refractivity contribution in [2.24, 2.45) is 0 Å². The quantitative estimate of drug-likeness (QED) is 0.412. The van der Waals surface area contributed by atoms with Crippen LogP contribution in [0.2, 0.25) is 0 Å². The zero-order valence-electron chi connectivity index (χ0n) is 20.0. The van der Waals surface area contributed by atoms with Crippen LogP contribution in [-0.2, 0) is 6.54 Å². The van der Waals surface area contributed by atoms with E-state index in [-0.39, 0.29) is 0 Å². The molecule has 7 heteroatoms. The van der Waals surface area contributed by atoms with Gasteiger partial charge in [-0.1, -0.05) is 19.1 Å². The molecule has 6 rings (SSSR count). The van der Waals surface area contributed by atoms with Gasteiger partial charge in [0, 0.05) is 43.1 Å². The average molecular weight is 464 g/mol. The SMILES string of the molecule is CCCNC1CCN(c2ccc3c(c2)Cn2cc(-c4ccc(C#N)cc4)cc2-c2nncn2-3)CC1. The Morgan fingerprint density at radius 2 is 1.89 bits per heavy atom. The van der Waals surface area contributed by atoms with Crippen LogP contribution >= 0.6 is 0 Å². The van der Waals surface area contributed by atoms with Crippen LogP contribution in [0.5, 0.6) is 0 Å². The Bertz CT molecular complexity index is 1380. The fourth-order valence-corrected chi connectivity index (χ4v) is 5.31. The number of nitrogens with one attached hydrogen (secondary N) is 1. The summed E-state index contributed by atoms with van der Waals surface area (Å²) < 4.78 is 4.37. The lowest BCUT2D eigenvalue weighted by Crippen LogP contribution is -2.42. The van der Waals surface area contributed by atoms with Crippen LogP contribution in [0, 0.1) is 11.3 Å². The fraction of sp³-hybridized carbons (Fsp3) is 0.321. The fourth-order valence-electron chi connectivity index (χ4n) is 5.31. The van der Waals surface area contributed by atoms with Gasteiger partial charge >= 0.3 is 0 Å². The maximum Gasteiger partial charge on any atom is 0.185 e. The summed E-state index contributed by atoms with van der Waals surface area (Å²) in [5.74, 6) is 0.846. The van der Waals surface area contributed by atoms with Gasteiger partial charge in [-0.25, -0.2) is 0 Å². The summed E-state index contributed by atoms with van der Waals surface area (Å²) in [5, 5.41) is 21.5. The first kappa shape index (κ1) is 21.6. The van der Waals surface area contributed by atoms with Gasteiger partial charge in [-0.05, 0) is 73.3 Å². The highest BCUT2D eigenvalue weighted by molar-refractivity contribution is 5.72. The zero-order valence-corrected chi connectivity index (χ0v) is 20.0. The summed E-state index contributed by atoms with van der Waals surface area (Å²) >= 11 is 0.